The fourth-order valence-electron chi connectivity index (χ4n) is 1.99. The number of hydrogen-bond acceptors (Lipinski definition) is 3. The average Bonchev–Trinajstić information content (AvgIpc) is 3.26. The normalized spacial score (nSPS) is 14.3. The van der Waals surface area contributed by atoms with Crippen LogP contribution in [0.1, 0.15) is 24.0 Å². The van der Waals surface area contributed by atoms with Gasteiger partial charge in [0.05, 0.1) is 5.02 Å². The first-order valence-electron chi connectivity index (χ1n) is 6.83. The Bertz CT molecular complexity index is 611. The largest absolute Gasteiger partial charge is 0.437 e. The first-order chi connectivity index (χ1) is 9.72. The average molecular weight is 289 g/mol. The topological polar surface area (TPSA) is 34.1 Å². The molecule has 20 heavy (non-hydrogen) atoms. The van der Waals surface area contributed by atoms with Crippen LogP contribution in [0.15, 0.2) is 36.5 Å². The number of nitrogens with one attached hydrogen (secondary N) is 1. The van der Waals surface area contributed by atoms with E-state index in [2.05, 4.69) is 10.3 Å². The molecule has 0 radical (unpaired) electrons. The number of halogens is 1. The summed E-state index contributed by atoms with van der Waals surface area (Å²) in [7, 11) is 0. The van der Waals surface area contributed by atoms with E-state index < -0.39 is 0 Å². The van der Waals surface area contributed by atoms with Crippen LogP contribution in [0.4, 0.5) is 0 Å². The van der Waals surface area contributed by atoms with Crippen molar-refractivity contribution in [3.63, 3.8) is 0 Å². The summed E-state index contributed by atoms with van der Waals surface area (Å²) in [5.74, 6) is 1.27. The van der Waals surface area contributed by atoms with Gasteiger partial charge in [0.1, 0.15) is 5.75 Å². The fraction of sp³-hybridized carbons (Fsp3) is 0.312. The van der Waals surface area contributed by atoms with Crippen LogP contribution in [0.3, 0.4) is 0 Å². The lowest BCUT2D eigenvalue weighted by atomic mass is 10.2. The maximum atomic E-state index is 6.17. The smallest absolute Gasteiger partial charge is 0.223 e. The van der Waals surface area contributed by atoms with E-state index in [9.17, 15) is 0 Å². The van der Waals surface area contributed by atoms with Gasteiger partial charge in [0.25, 0.3) is 0 Å². The lowest BCUT2D eigenvalue weighted by Crippen LogP contribution is -2.16. The van der Waals surface area contributed by atoms with Crippen molar-refractivity contribution in [1.82, 2.24) is 10.3 Å². The highest BCUT2D eigenvalue weighted by atomic mass is 35.5. The standard InChI is InChI=1S/C16H17ClN2O/c1-11-4-7-14(17)15(9-11)20-16-12(3-2-8-18-16)10-19-13-5-6-13/h2-4,7-9,13,19H,5-6,10H2,1H3. The van der Waals surface area contributed by atoms with E-state index in [1.807, 2.05) is 37.3 Å². The van der Waals surface area contributed by atoms with Crippen molar-refractivity contribution in [1.29, 1.82) is 0 Å². The summed E-state index contributed by atoms with van der Waals surface area (Å²) < 4.78 is 5.89. The van der Waals surface area contributed by atoms with Gasteiger partial charge in [-0.05, 0) is 43.5 Å². The number of rotatable bonds is 5. The SMILES string of the molecule is Cc1ccc(Cl)c(Oc2ncccc2CNC2CC2)c1. The van der Waals surface area contributed by atoms with E-state index in [1.165, 1.54) is 12.8 Å². The van der Waals surface area contributed by atoms with Crippen molar-refractivity contribution in [3.05, 3.63) is 52.7 Å². The summed E-state index contributed by atoms with van der Waals surface area (Å²) in [5.41, 5.74) is 2.16. The number of ether oxygens (including phenoxy) is 1. The van der Waals surface area contributed by atoms with Crippen molar-refractivity contribution in [2.75, 3.05) is 0 Å². The lowest BCUT2D eigenvalue weighted by molar-refractivity contribution is 0.452. The maximum Gasteiger partial charge on any atom is 0.223 e. The van der Waals surface area contributed by atoms with E-state index in [0.717, 1.165) is 17.7 Å². The zero-order valence-electron chi connectivity index (χ0n) is 11.4. The molecule has 2 aromatic rings. The van der Waals surface area contributed by atoms with Crippen LogP contribution in [-0.4, -0.2) is 11.0 Å². The molecule has 1 aliphatic carbocycles. The second kappa shape index (κ2) is 5.81. The van der Waals surface area contributed by atoms with Crippen LogP contribution in [0.25, 0.3) is 0 Å². The summed E-state index contributed by atoms with van der Waals surface area (Å²) in [4.78, 5) is 4.32. The Labute approximate surface area is 123 Å². The van der Waals surface area contributed by atoms with E-state index in [4.69, 9.17) is 16.3 Å². The molecule has 0 atom stereocenters. The van der Waals surface area contributed by atoms with Crippen LogP contribution < -0.4 is 10.1 Å². The van der Waals surface area contributed by atoms with Gasteiger partial charge in [-0.15, -0.1) is 0 Å². The van der Waals surface area contributed by atoms with Gasteiger partial charge in [0, 0.05) is 24.3 Å². The second-order valence-corrected chi connectivity index (χ2v) is 5.57. The molecule has 0 amide bonds. The molecule has 1 aromatic heterocycles. The van der Waals surface area contributed by atoms with Gasteiger partial charge in [-0.2, -0.15) is 0 Å². The number of pyridine rings is 1. The third kappa shape index (κ3) is 3.30. The van der Waals surface area contributed by atoms with Crippen molar-refractivity contribution < 1.29 is 4.74 Å². The van der Waals surface area contributed by atoms with Gasteiger partial charge in [0.2, 0.25) is 5.88 Å². The predicted octanol–water partition coefficient (Wildman–Crippen LogP) is 4.09. The summed E-state index contributed by atoms with van der Waals surface area (Å²) >= 11 is 6.17. The third-order valence-electron chi connectivity index (χ3n) is 3.30. The molecule has 0 saturated heterocycles. The molecule has 1 N–H and O–H groups in total. The fourth-order valence-corrected chi connectivity index (χ4v) is 2.14. The zero-order valence-corrected chi connectivity index (χ0v) is 12.2. The number of nitrogens with zero attached hydrogens (tertiary/aromatic N) is 1. The van der Waals surface area contributed by atoms with Crippen molar-refractivity contribution >= 4 is 11.6 Å². The zero-order chi connectivity index (χ0) is 13.9. The monoisotopic (exact) mass is 288 g/mol. The Morgan fingerprint density at radius 3 is 3.00 bits per heavy atom. The molecule has 1 heterocycles. The minimum absolute atomic E-state index is 0.599. The van der Waals surface area contributed by atoms with Crippen LogP contribution >= 0.6 is 11.6 Å². The van der Waals surface area contributed by atoms with E-state index >= 15 is 0 Å². The molecule has 0 bridgehead atoms. The minimum atomic E-state index is 0.599. The predicted molar refractivity (Wildman–Crippen MR) is 80.4 cm³/mol. The van der Waals surface area contributed by atoms with Gasteiger partial charge in [0.15, 0.2) is 0 Å². The first-order valence-corrected chi connectivity index (χ1v) is 7.21. The third-order valence-corrected chi connectivity index (χ3v) is 3.61. The number of benzene rings is 1. The van der Waals surface area contributed by atoms with Gasteiger partial charge in [-0.3, -0.25) is 0 Å². The highest BCUT2D eigenvalue weighted by molar-refractivity contribution is 6.32. The maximum absolute atomic E-state index is 6.17. The molecular formula is C16H17ClN2O. The summed E-state index contributed by atoms with van der Waals surface area (Å²) in [6, 6.07) is 10.3. The molecule has 1 aliphatic rings. The van der Waals surface area contributed by atoms with Gasteiger partial charge >= 0.3 is 0 Å². The minimum Gasteiger partial charge on any atom is -0.437 e. The number of hydrogen-bond donors (Lipinski definition) is 1. The van der Waals surface area contributed by atoms with Gasteiger partial charge in [-0.1, -0.05) is 23.7 Å². The quantitative estimate of drug-likeness (QED) is 0.900. The molecule has 1 saturated carbocycles. The van der Waals surface area contributed by atoms with Crippen LogP contribution in [0, 0.1) is 6.92 Å². The van der Waals surface area contributed by atoms with Crippen LogP contribution in [-0.2, 0) is 6.54 Å². The Morgan fingerprint density at radius 1 is 1.35 bits per heavy atom. The number of aromatic nitrogens is 1. The van der Waals surface area contributed by atoms with E-state index in [-0.39, 0.29) is 0 Å². The summed E-state index contributed by atoms with van der Waals surface area (Å²) in [5, 5.41) is 4.07. The second-order valence-electron chi connectivity index (χ2n) is 5.16. The highest BCUT2D eigenvalue weighted by Crippen LogP contribution is 2.31. The van der Waals surface area contributed by atoms with Crippen LogP contribution in [0.2, 0.25) is 5.02 Å². The van der Waals surface area contributed by atoms with Crippen LogP contribution in [0.5, 0.6) is 11.6 Å². The molecule has 4 heteroatoms. The van der Waals surface area contributed by atoms with Crippen molar-refractivity contribution in [3.8, 4) is 11.6 Å². The molecule has 1 aromatic carbocycles. The molecule has 1 fully saturated rings. The van der Waals surface area contributed by atoms with E-state index in [0.29, 0.717) is 22.7 Å². The molecule has 104 valence electrons. The summed E-state index contributed by atoms with van der Waals surface area (Å²) in [6.45, 7) is 2.79. The van der Waals surface area contributed by atoms with Gasteiger partial charge < -0.3 is 10.1 Å². The molecular weight excluding hydrogens is 272 g/mol. The first kappa shape index (κ1) is 13.4. The number of aryl methyl sites for hydroxylation is 1. The molecule has 3 nitrogen and oxygen atoms in total. The Hall–Kier alpha value is -1.58. The molecule has 0 unspecified atom stereocenters. The molecule has 3 rings (SSSR count). The highest BCUT2D eigenvalue weighted by Gasteiger charge is 2.21. The molecule has 0 spiro atoms. The molecule has 0 aliphatic heterocycles. The Morgan fingerprint density at radius 2 is 2.20 bits per heavy atom. The van der Waals surface area contributed by atoms with Crippen molar-refractivity contribution in [2.45, 2.75) is 32.4 Å². The Kier molecular flexibility index (Phi) is 3.90. The Balaban J connectivity index is 1.80. The van der Waals surface area contributed by atoms with Gasteiger partial charge in [-0.25, -0.2) is 4.98 Å². The van der Waals surface area contributed by atoms with Crippen molar-refractivity contribution in [2.24, 2.45) is 0 Å². The van der Waals surface area contributed by atoms with E-state index in [1.54, 1.807) is 6.20 Å². The summed E-state index contributed by atoms with van der Waals surface area (Å²) in [6.07, 6.45) is 4.26. The lowest BCUT2D eigenvalue weighted by Gasteiger charge is -2.12.